The first-order valence-electron chi connectivity index (χ1n) is 5.47. The van der Waals surface area contributed by atoms with Gasteiger partial charge in [0.1, 0.15) is 5.75 Å². The average molecular weight is 276 g/mol. The van der Waals surface area contributed by atoms with Crippen LogP contribution in [0.1, 0.15) is 11.1 Å². The maximum Gasteiger partial charge on any atom is 0.269 e. The zero-order valence-corrected chi connectivity index (χ0v) is 10.5. The van der Waals surface area contributed by atoms with Crippen molar-refractivity contribution in [2.45, 2.75) is 0 Å². The van der Waals surface area contributed by atoms with E-state index < -0.39 is 4.92 Å². The van der Waals surface area contributed by atoms with E-state index in [1.807, 2.05) is 12.2 Å². The number of non-ortho nitro benzene ring substituents is 1. The van der Waals surface area contributed by atoms with Crippen LogP contribution in [0.4, 0.5) is 5.69 Å². The van der Waals surface area contributed by atoms with Gasteiger partial charge < -0.3 is 5.11 Å². The van der Waals surface area contributed by atoms with Gasteiger partial charge in [-0.3, -0.25) is 10.1 Å². The Morgan fingerprint density at radius 1 is 1.05 bits per heavy atom. The summed E-state index contributed by atoms with van der Waals surface area (Å²) in [4.78, 5) is 10.1. The lowest BCUT2D eigenvalue weighted by Gasteiger charge is -1.98. The number of hydrogen-bond acceptors (Lipinski definition) is 3. The van der Waals surface area contributed by atoms with Gasteiger partial charge in [-0.1, -0.05) is 29.8 Å². The van der Waals surface area contributed by atoms with Crippen molar-refractivity contribution in [1.82, 2.24) is 0 Å². The van der Waals surface area contributed by atoms with Crippen LogP contribution in [0.2, 0.25) is 5.02 Å². The van der Waals surface area contributed by atoms with Gasteiger partial charge in [-0.25, -0.2) is 0 Å². The van der Waals surface area contributed by atoms with Crippen LogP contribution < -0.4 is 0 Å². The number of rotatable bonds is 3. The molecule has 0 aliphatic heterocycles. The van der Waals surface area contributed by atoms with Crippen molar-refractivity contribution in [3.8, 4) is 5.75 Å². The molecule has 0 atom stereocenters. The van der Waals surface area contributed by atoms with E-state index in [1.54, 1.807) is 24.3 Å². The predicted octanol–water partition coefficient (Wildman–Crippen LogP) is 4.12. The molecule has 2 aromatic rings. The molecule has 0 spiro atoms. The van der Waals surface area contributed by atoms with Gasteiger partial charge in [-0.05, 0) is 35.4 Å². The molecule has 0 bridgehead atoms. The number of halogens is 1. The fourth-order valence-corrected chi connectivity index (χ4v) is 1.72. The molecule has 19 heavy (non-hydrogen) atoms. The second-order valence-corrected chi connectivity index (χ2v) is 4.30. The quantitative estimate of drug-likeness (QED) is 0.520. The largest absolute Gasteiger partial charge is 0.506 e. The van der Waals surface area contributed by atoms with Crippen LogP contribution in [0.5, 0.6) is 5.75 Å². The summed E-state index contributed by atoms with van der Waals surface area (Å²) in [5.74, 6) is 0.0363. The maximum atomic E-state index is 10.5. The molecule has 0 aliphatic carbocycles. The van der Waals surface area contributed by atoms with E-state index in [2.05, 4.69) is 0 Å². The number of hydrogen-bond donors (Lipinski definition) is 1. The van der Waals surface area contributed by atoms with Crippen LogP contribution in [0.15, 0.2) is 42.5 Å². The summed E-state index contributed by atoms with van der Waals surface area (Å²) in [7, 11) is 0. The van der Waals surface area contributed by atoms with E-state index in [4.69, 9.17) is 11.6 Å². The Morgan fingerprint density at radius 3 is 2.21 bits per heavy atom. The van der Waals surface area contributed by atoms with Gasteiger partial charge in [0.2, 0.25) is 0 Å². The highest BCUT2D eigenvalue weighted by Gasteiger charge is 2.02. The standard InChI is InChI=1S/C14H10ClNO3/c15-13-9-11(5-8-14(13)17)2-1-10-3-6-12(7-4-10)16(18)19/h1-9,17H/b2-1+. The molecule has 5 heteroatoms. The van der Waals surface area contributed by atoms with E-state index >= 15 is 0 Å². The van der Waals surface area contributed by atoms with E-state index in [1.165, 1.54) is 18.2 Å². The minimum Gasteiger partial charge on any atom is -0.506 e. The van der Waals surface area contributed by atoms with Crippen LogP contribution >= 0.6 is 11.6 Å². The number of phenols is 1. The van der Waals surface area contributed by atoms with Crippen LogP contribution in [-0.2, 0) is 0 Å². The number of nitro groups is 1. The fraction of sp³-hybridized carbons (Fsp3) is 0. The first-order valence-corrected chi connectivity index (χ1v) is 5.85. The highest BCUT2D eigenvalue weighted by atomic mass is 35.5. The smallest absolute Gasteiger partial charge is 0.269 e. The van der Waals surface area contributed by atoms with Crippen molar-refractivity contribution in [3.63, 3.8) is 0 Å². The van der Waals surface area contributed by atoms with E-state index in [9.17, 15) is 15.2 Å². The lowest BCUT2D eigenvalue weighted by Crippen LogP contribution is -1.86. The van der Waals surface area contributed by atoms with Gasteiger partial charge in [0.25, 0.3) is 5.69 Å². The molecule has 0 radical (unpaired) electrons. The van der Waals surface area contributed by atoms with Gasteiger partial charge in [-0.2, -0.15) is 0 Å². The molecule has 0 fully saturated rings. The molecule has 0 aromatic heterocycles. The Hall–Kier alpha value is -2.33. The summed E-state index contributed by atoms with van der Waals surface area (Å²) < 4.78 is 0. The first kappa shape index (κ1) is 13.1. The number of nitro benzene ring substituents is 1. The molecule has 0 unspecified atom stereocenters. The number of phenolic OH excluding ortho intramolecular Hbond substituents is 1. The SMILES string of the molecule is O=[N+]([O-])c1ccc(/C=C/c2ccc(O)c(Cl)c2)cc1. The number of benzene rings is 2. The average Bonchev–Trinajstić information content (AvgIpc) is 2.40. The molecule has 0 saturated heterocycles. The van der Waals surface area contributed by atoms with Crippen LogP contribution in [0.3, 0.4) is 0 Å². The number of aromatic hydroxyl groups is 1. The Labute approximate surface area is 114 Å². The molecule has 96 valence electrons. The molecule has 0 aliphatic rings. The zero-order valence-electron chi connectivity index (χ0n) is 9.79. The summed E-state index contributed by atoms with van der Waals surface area (Å²) in [6.07, 6.45) is 3.62. The van der Waals surface area contributed by atoms with Crippen molar-refractivity contribution in [1.29, 1.82) is 0 Å². The second kappa shape index (κ2) is 5.54. The van der Waals surface area contributed by atoms with Crippen molar-refractivity contribution >= 4 is 29.4 Å². The van der Waals surface area contributed by atoms with Gasteiger partial charge in [0.15, 0.2) is 0 Å². The van der Waals surface area contributed by atoms with Crippen LogP contribution in [-0.4, -0.2) is 10.0 Å². The summed E-state index contributed by atoms with van der Waals surface area (Å²) >= 11 is 5.79. The molecule has 2 aromatic carbocycles. The fourth-order valence-electron chi connectivity index (χ4n) is 1.53. The normalized spacial score (nSPS) is 10.8. The molecule has 2 rings (SSSR count). The summed E-state index contributed by atoms with van der Waals surface area (Å²) in [5, 5.41) is 20.1. The van der Waals surface area contributed by atoms with Gasteiger partial charge in [0.05, 0.1) is 9.95 Å². The van der Waals surface area contributed by atoms with Crippen LogP contribution in [0, 0.1) is 10.1 Å². The highest BCUT2D eigenvalue weighted by molar-refractivity contribution is 6.32. The number of nitrogens with zero attached hydrogens (tertiary/aromatic N) is 1. The van der Waals surface area contributed by atoms with Crippen LogP contribution in [0.25, 0.3) is 12.2 Å². The molecule has 4 nitrogen and oxygen atoms in total. The van der Waals surface area contributed by atoms with Crippen molar-refractivity contribution in [2.24, 2.45) is 0 Å². The minimum atomic E-state index is -0.437. The third-order valence-electron chi connectivity index (χ3n) is 2.54. The third-order valence-corrected chi connectivity index (χ3v) is 2.85. The molecular weight excluding hydrogens is 266 g/mol. The Morgan fingerprint density at radius 2 is 1.63 bits per heavy atom. The Bertz CT molecular complexity index is 636. The lowest BCUT2D eigenvalue weighted by molar-refractivity contribution is -0.384. The van der Waals surface area contributed by atoms with E-state index in [-0.39, 0.29) is 16.5 Å². The second-order valence-electron chi connectivity index (χ2n) is 3.89. The molecule has 1 N–H and O–H groups in total. The molecule has 0 amide bonds. The monoisotopic (exact) mass is 275 g/mol. The van der Waals surface area contributed by atoms with Crippen molar-refractivity contribution in [2.75, 3.05) is 0 Å². The summed E-state index contributed by atoms with van der Waals surface area (Å²) in [6.45, 7) is 0. The minimum absolute atomic E-state index is 0.0363. The topological polar surface area (TPSA) is 63.4 Å². The van der Waals surface area contributed by atoms with Gasteiger partial charge >= 0.3 is 0 Å². The Kier molecular flexibility index (Phi) is 3.82. The van der Waals surface area contributed by atoms with Gasteiger partial charge in [-0.15, -0.1) is 0 Å². The maximum absolute atomic E-state index is 10.5. The van der Waals surface area contributed by atoms with Crippen molar-refractivity contribution in [3.05, 3.63) is 68.7 Å². The highest BCUT2D eigenvalue weighted by Crippen LogP contribution is 2.24. The molecule has 0 heterocycles. The zero-order chi connectivity index (χ0) is 13.8. The Balaban J connectivity index is 2.17. The third kappa shape index (κ3) is 3.33. The van der Waals surface area contributed by atoms with E-state index in [0.717, 1.165) is 11.1 Å². The lowest BCUT2D eigenvalue weighted by atomic mass is 10.1. The summed E-state index contributed by atoms with van der Waals surface area (Å²) in [6, 6.07) is 11.1. The molecular formula is C14H10ClNO3. The summed E-state index contributed by atoms with van der Waals surface area (Å²) in [5.41, 5.74) is 1.74. The van der Waals surface area contributed by atoms with E-state index in [0.29, 0.717) is 0 Å². The first-order chi connectivity index (χ1) is 9.06. The van der Waals surface area contributed by atoms with Gasteiger partial charge in [0, 0.05) is 12.1 Å². The molecule has 0 saturated carbocycles. The van der Waals surface area contributed by atoms with Crippen molar-refractivity contribution < 1.29 is 10.0 Å². The predicted molar refractivity (Wildman–Crippen MR) is 75.1 cm³/mol.